The molecule has 0 radical (unpaired) electrons. The molecular formula is C32H37BrN2O2S. The molecule has 1 atom stereocenters. The zero-order valence-corrected chi connectivity index (χ0v) is 24.5. The van der Waals surface area contributed by atoms with Crippen molar-refractivity contribution in [3.63, 3.8) is 0 Å². The van der Waals surface area contributed by atoms with Crippen molar-refractivity contribution in [1.82, 2.24) is 10.2 Å². The smallest absolute Gasteiger partial charge is 0.243 e. The van der Waals surface area contributed by atoms with E-state index in [-0.39, 0.29) is 17.9 Å². The Morgan fingerprint density at radius 1 is 0.921 bits per heavy atom. The molecule has 1 N–H and O–H groups in total. The fraction of sp³-hybridized carbons (Fsp3) is 0.375. The predicted molar refractivity (Wildman–Crippen MR) is 161 cm³/mol. The van der Waals surface area contributed by atoms with Gasteiger partial charge in [0.1, 0.15) is 6.04 Å². The van der Waals surface area contributed by atoms with Gasteiger partial charge in [0.05, 0.1) is 5.75 Å². The molecule has 2 amide bonds. The number of thioether (sulfide) groups is 1. The van der Waals surface area contributed by atoms with Crippen molar-refractivity contribution in [3.05, 3.63) is 106 Å². The molecule has 0 spiro atoms. The number of hydrogen-bond acceptors (Lipinski definition) is 3. The minimum atomic E-state index is -0.569. The number of aryl methyl sites for hydroxylation is 1. The molecule has 38 heavy (non-hydrogen) atoms. The zero-order chi connectivity index (χ0) is 26.7. The summed E-state index contributed by atoms with van der Waals surface area (Å²) in [7, 11) is 0. The van der Waals surface area contributed by atoms with Gasteiger partial charge in [0, 0.05) is 29.2 Å². The van der Waals surface area contributed by atoms with Crippen molar-refractivity contribution in [3.8, 4) is 0 Å². The number of nitrogens with one attached hydrogen (secondary N) is 1. The SMILES string of the molecule is Cc1cccc(CN(C(=O)CSCc2ccc(Br)cc2)C(Cc2ccccc2)C(=O)NC2CCCCC2)c1. The Bertz CT molecular complexity index is 1180. The summed E-state index contributed by atoms with van der Waals surface area (Å²) in [5, 5.41) is 3.31. The van der Waals surface area contributed by atoms with E-state index in [0.29, 0.717) is 18.7 Å². The molecule has 1 aliphatic carbocycles. The molecule has 4 rings (SSSR count). The third-order valence-electron chi connectivity index (χ3n) is 7.07. The summed E-state index contributed by atoms with van der Waals surface area (Å²) < 4.78 is 1.04. The van der Waals surface area contributed by atoms with E-state index in [1.54, 1.807) is 11.8 Å². The number of nitrogens with zero attached hydrogens (tertiary/aromatic N) is 1. The van der Waals surface area contributed by atoms with Crippen LogP contribution in [0.5, 0.6) is 0 Å². The molecule has 1 saturated carbocycles. The summed E-state index contributed by atoms with van der Waals surface area (Å²) in [5.41, 5.74) is 4.42. The van der Waals surface area contributed by atoms with Crippen LogP contribution in [0, 0.1) is 6.92 Å². The van der Waals surface area contributed by atoms with Gasteiger partial charge in [-0.25, -0.2) is 0 Å². The number of halogens is 1. The van der Waals surface area contributed by atoms with E-state index in [1.165, 1.54) is 12.0 Å². The van der Waals surface area contributed by atoms with E-state index in [0.717, 1.165) is 52.6 Å². The van der Waals surface area contributed by atoms with E-state index in [1.807, 2.05) is 59.5 Å². The summed E-state index contributed by atoms with van der Waals surface area (Å²) in [6, 6.07) is 26.1. The summed E-state index contributed by atoms with van der Waals surface area (Å²) in [6.07, 6.45) is 6.04. The summed E-state index contributed by atoms with van der Waals surface area (Å²) in [6.45, 7) is 2.47. The van der Waals surface area contributed by atoms with E-state index < -0.39 is 6.04 Å². The Balaban J connectivity index is 1.56. The summed E-state index contributed by atoms with van der Waals surface area (Å²) in [4.78, 5) is 29.5. The average molecular weight is 594 g/mol. The van der Waals surface area contributed by atoms with Crippen molar-refractivity contribution in [2.75, 3.05) is 5.75 Å². The largest absolute Gasteiger partial charge is 0.352 e. The first-order chi connectivity index (χ1) is 18.5. The van der Waals surface area contributed by atoms with Gasteiger partial charge in [-0.15, -0.1) is 11.8 Å². The second kappa shape index (κ2) is 14.5. The average Bonchev–Trinajstić information content (AvgIpc) is 2.93. The highest BCUT2D eigenvalue weighted by atomic mass is 79.9. The number of carbonyl (C=O) groups excluding carboxylic acids is 2. The highest BCUT2D eigenvalue weighted by molar-refractivity contribution is 9.10. The lowest BCUT2D eigenvalue weighted by Crippen LogP contribution is -2.53. The van der Waals surface area contributed by atoms with Gasteiger partial charge in [0.25, 0.3) is 0 Å². The standard InChI is InChI=1S/C32H37BrN2O2S/c1-24-9-8-12-27(19-24)21-35(31(36)23-38-22-26-15-17-28(33)18-16-26)30(20-25-10-4-2-5-11-25)32(37)34-29-13-6-3-7-14-29/h2,4-5,8-12,15-19,29-30H,3,6-7,13-14,20-23H2,1H3,(H,34,37). The van der Waals surface area contributed by atoms with Gasteiger partial charge < -0.3 is 10.2 Å². The van der Waals surface area contributed by atoms with Gasteiger partial charge >= 0.3 is 0 Å². The first-order valence-electron chi connectivity index (χ1n) is 13.5. The van der Waals surface area contributed by atoms with Crippen LogP contribution in [-0.4, -0.2) is 34.6 Å². The third-order valence-corrected chi connectivity index (χ3v) is 8.58. The van der Waals surface area contributed by atoms with Crippen LogP contribution in [0.25, 0.3) is 0 Å². The third kappa shape index (κ3) is 8.74. The van der Waals surface area contributed by atoms with Crippen LogP contribution >= 0.6 is 27.7 Å². The summed E-state index contributed by atoms with van der Waals surface area (Å²) in [5.74, 6) is 1.02. The molecule has 1 aliphatic rings. The van der Waals surface area contributed by atoms with Crippen LogP contribution in [-0.2, 0) is 28.3 Å². The number of benzene rings is 3. The fourth-order valence-electron chi connectivity index (χ4n) is 5.03. The molecule has 3 aromatic rings. The van der Waals surface area contributed by atoms with Crippen LogP contribution in [0.3, 0.4) is 0 Å². The molecule has 0 heterocycles. The lowest BCUT2D eigenvalue weighted by atomic mass is 9.94. The molecule has 1 fully saturated rings. The number of rotatable bonds is 11. The van der Waals surface area contributed by atoms with Gasteiger partial charge in [-0.3, -0.25) is 9.59 Å². The van der Waals surface area contributed by atoms with Gasteiger partial charge in [-0.05, 0) is 48.6 Å². The van der Waals surface area contributed by atoms with Crippen LogP contribution in [0.2, 0.25) is 0 Å². The molecule has 6 heteroatoms. The first-order valence-corrected chi connectivity index (χ1v) is 15.4. The quantitative estimate of drug-likeness (QED) is 0.259. The Labute approximate surface area is 239 Å². The van der Waals surface area contributed by atoms with E-state index in [2.05, 4.69) is 52.4 Å². The maximum absolute atomic E-state index is 13.8. The van der Waals surface area contributed by atoms with Crippen LogP contribution in [0.15, 0.2) is 83.3 Å². The van der Waals surface area contributed by atoms with Crippen LogP contribution in [0.4, 0.5) is 0 Å². The Hall–Kier alpha value is -2.57. The molecule has 0 aliphatic heterocycles. The van der Waals surface area contributed by atoms with E-state index >= 15 is 0 Å². The van der Waals surface area contributed by atoms with Gasteiger partial charge in [-0.2, -0.15) is 0 Å². The lowest BCUT2D eigenvalue weighted by molar-refractivity contribution is -0.139. The lowest BCUT2D eigenvalue weighted by Gasteiger charge is -2.33. The van der Waals surface area contributed by atoms with Crippen LogP contribution in [0.1, 0.15) is 54.4 Å². The molecule has 4 nitrogen and oxygen atoms in total. The molecule has 0 aromatic heterocycles. The maximum atomic E-state index is 13.8. The number of amides is 2. The molecule has 0 bridgehead atoms. The summed E-state index contributed by atoms with van der Waals surface area (Å²) >= 11 is 5.07. The van der Waals surface area contributed by atoms with E-state index in [4.69, 9.17) is 0 Å². The topological polar surface area (TPSA) is 49.4 Å². The monoisotopic (exact) mass is 592 g/mol. The first kappa shape index (κ1) is 28.4. The molecule has 1 unspecified atom stereocenters. The molecule has 200 valence electrons. The predicted octanol–water partition coefficient (Wildman–Crippen LogP) is 7.08. The van der Waals surface area contributed by atoms with Gasteiger partial charge in [-0.1, -0.05) is 107 Å². The maximum Gasteiger partial charge on any atom is 0.243 e. The number of carbonyl (C=O) groups is 2. The molecular weight excluding hydrogens is 556 g/mol. The fourth-order valence-corrected chi connectivity index (χ4v) is 6.16. The second-order valence-corrected chi connectivity index (χ2v) is 12.1. The Kier molecular flexibility index (Phi) is 10.9. The van der Waals surface area contributed by atoms with Gasteiger partial charge in [0.15, 0.2) is 0 Å². The van der Waals surface area contributed by atoms with Crippen molar-refractivity contribution in [2.45, 2.75) is 69.8 Å². The van der Waals surface area contributed by atoms with Crippen molar-refractivity contribution in [2.24, 2.45) is 0 Å². The zero-order valence-electron chi connectivity index (χ0n) is 22.1. The second-order valence-electron chi connectivity index (χ2n) is 10.2. The van der Waals surface area contributed by atoms with E-state index in [9.17, 15) is 9.59 Å². The van der Waals surface area contributed by atoms with Gasteiger partial charge in [0.2, 0.25) is 11.8 Å². The van der Waals surface area contributed by atoms with Crippen LogP contribution < -0.4 is 5.32 Å². The van der Waals surface area contributed by atoms with Crippen molar-refractivity contribution >= 4 is 39.5 Å². The minimum Gasteiger partial charge on any atom is -0.352 e. The van der Waals surface area contributed by atoms with Crippen molar-refractivity contribution < 1.29 is 9.59 Å². The Morgan fingerprint density at radius 3 is 2.34 bits per heavy atom. The highest BCUT2D eigenvalue weighted by Gasteiger charge is 2.31. The number of hydrogen-bond donors (Lipinski definition) is 1. The highest BCUT2D eigenvalue weighted by Crippen LogP contribution is 2.22. The molecule has 3 aromatic carbocycles. The minimum absolute atomic E-state index is 0.00616. The molecule has 0 saturated heterocycles. The Morgan fingerprint density at radius 2 is 1.63 bits per heavy atom. The normalized spacial score (nSPS) is 14.6. The van der Waals surface area contributed by atoms with Crippen molar-refractivity contribution in [1.29, 1.82) is 0 Å².